The Balaban J connectivity index is 2.61. The minimum absolute atomic E-state index is 0.123. The quantitative estimate of drug-likeness (QED) is 0.679. The van der Waals surface area contributed by atoms with Gasteiger partial charge in [-0.15, -0.1) is 0 Å². The highest BCUT2D eigenvalue weighted by Crippen LogP contribution is 2.38. The Morgan fingerprint density at radius 3 is 2.69 bits per heavy atom. The Kier molecular flexibility index (Phi) is 3.01. The topological polar surface area (TPSA) is 37.3 Å². The predicted octanol–water partition coefficient (Wildman–Crippen LogP) is 2.45. The van der Waals surface area contributed by atoms with E-state index in [1.54, 1.807) is 0 Å². The van der Waals surface area contributed by atoms with E-state index in [0.29, 0.717) is 12.8 Å². The van der Waals surface area contributed by atoms with Gasteiger partial charge in [0.05, 0.1) is 0 Å². The van der Waals surface area contributed by atoms with E-state index in [0.717, 1.165) is 18.6 Å². The molecule has 1 rings (SSSR count). The molecular weight excluding hydrogens is 178 g/mol. The average molecular weight is 190 g/mol. The lowest BCUT2D eigenvalue weighted by molar-refractivity contribution is -0.131. The van der Waals surface area contributed by atoms with Gasteiger partial charge < -0.3 is 5.11 Å². The molecule has 2 nitrogen and oxygen atoms in total. The normalized spacial score (nSPS) is 27.7. The summed E-state index contributed by atoms with van der Waals surface area (Å²) in [5.74, 6) is -4.77. The molecule has 1 aliphatic rings. The summed E-state index contributed by atoms with van der Waals surface area (Å²) in [6.45, 7) is 0. The lowest BCUT2D eigenvalue weighted by Gasteiger charge is -2.28. The van der Waals surface area contributed by atoms with Crippen molar-refractivity contribution >= 4 is 5.97 Å². The van der Waals surface area contributed by atoms with Gasteiger partial charge in [0.1, 0.15) is 0 Å². The number of alkyl halides is 2. The summed E-state index contributed by atoms with van der Waals surface area (Å²) >= 11 is 0. The van der Waals surface area contributed by atoms with E-state index < -0.39 is 17.8 Å². The standard InChI is InChI=1S/C9H12F2O2/c10-9(11)6-2-1-3-7(9)4-5-8(12)13/h4-5,7H,1-3,6H2,(H,12,13)/b5-4+. The molecule has 1 N–H and O–H groups in total. The third-order valence-electron chi connectivity index (χ3n) is 2.29. The average Bonchev–Trinajstić information content (AvgIpc) is 2.01. The second kappa shape index (κ2) is 3.85. The van der Waals surface area contributed by atoms with Gasteiger partial charge in [-0.3, -0.25) is 0 Å². The molecule has 1 atom stereocenters. The van der Waals surface area contributed by atoms with Gasteiger partial charge >= 0.3 is 5.97 Å². The number of carbonyl (C=O) groups is 1. The maximum atomic E-state index is 13.1. The van der Waals surface area contributed by atoms with E-state index in [2.05, 4.69) is 0 Å². The molecular formula is C9H12F2O2. The Hall–Kier alpha value is -0.930. The Labute approximate surface area is 75.3 Å². The SMILES string of the molecule is O=C(O)/C=C/C1CCCCC1(F)F. The fourth-order valence-corrected chi connectivity index (χ4v) is 1.56. The van der Waals surface area contributed by atoms with Crippen LogP contribution in [0.5, 0.6) is 0 Å². The predicted molar refractivity (Wildman–Crippen MR) is 43.7 cm³/mol. The fraction of sp³-hybridized carbons (Fsp3) is 0.667. The molecule has 0 aromatic heterocycles. The van der Waals surface area contributed by atoms with E-state index in [1.165, 1.54) is 0 Å². The van der Waals surface area contributed by atoms with Crippen LogP contribution in [0.25, 0.3) is 0 Å². The van der Waals surface area contributed by atoms with Crippen LogP contribution in [0.1, 0.15) is 25.7 Å². The lowest BCUT2D eigenvalue weighted by atomic mass is 9.85. The van der Waals surface area contributed by atoms with E-state index >= 15 is 0 Å². The van der Waals surface area contributed by atoms with Crippen LogP contribution in [0, 0.1) is 5.92 Å². The van der Waals surface area contributed by atoms with Crippen LogP contribution < -0.4 is 0 Å². The number of aliphatic carboxylic acids is 1. The third kappa shape index (κ3) is 2.79. The molecule has 0 radical (unpaired) electrons. The van der Waals surface area contributed by atoms with Crippen LogP contribution in [0.3, 0.4) is 0 Å². The second-order valence-corrected chi connectivity index (χ2v) is 3.31. The molecule has 0 spiro atoms. The van der Waals surface area contributed by atoms with Gasteiger partial charge in [0.25, 0.3) is 5.92 Å². The van der Waals surface area contributed by atoms with E-state index in [-0.39, 0.29) is 6.42 Å². The molecule has 1 fully saturated rings. The van der Waals surface area contributed by atoms with Crippen molar-refractivity contribution in [2.45, 2.75) is 31.6 Å². The maximum absolute atomic E-state index is 13.1. The number of carboxylic acids is 1. The molecule has 74 valence electrons. The van der Waals surface area contributed by atoms with Crippen molar-refractivity contribution in [1.29, 1.82) is 0 Å². The molecule has 1 unspecified atom stereocenters. The van der Waals surface area contributed by atoms with Crippen LogP contribution in [-0.4, -0.2) is 17.0 Å². The van der Waals surface area contributed by atoms with Crippen LogP contribution in [-0.2, 0) is 4.79 Å². The number of hydrogen-bond acceptors (Lipinski definition) is 1. The number of halogens is 2. The van der Waals surface area contributed by atoms with Gasteiger partial charge in [0.2, 0.25) is 0 Å². The van der Waals surface area contributed by atoms with Crippen LogP contribution >= 0.6 is 0 Å². The van der Waals surface area contributed by atoms with Crippen LogP contribution in [0.4, 0.5) is 8.78 Å². The van der Waals surface area contributed by atoms with Crippen molar-refractivity contribution in [3.05, 3.63) is 12.2 Å². The molecule has 0 heterocycles. The lowest BCUT2D eigenvalue weighted by Crippen LogP contribution is -2.30. The van der Waals surface area contributed by atoms with Gasteiger partial charge in [0, 0.05) is 18.4 Å². The number of carboxylic acid groups (broad SMARTS) is 1. The summed E-state index contributed by atoms with van der Waals surface area (Å²) in [5.41, 5.74) is 0. The van der Waals surface area contributed by atoms with E-state index in [1.807, 2.05) is 0 Å². The first-order valence-electron chi connectivity index (χ1n) is 4.31. The van der Waals surface area contributed by atoms with Crippen LogP contribution in [0.15, 0.2) is 12.2 Å². The van der Waals surface area contributed by atoms with Gasteiger partial charge in [0.15, 0.2) is 0 Å². The van der Waals surface area contributed by atoms with Crippen molar-refractivity contribution in [3.63, 3.8) is 0 Å². The molecule has 0 amide bonds. The van der Waals surface area contributed by atoms with E-state index in [9.17, 15) is 13.6 Å². The van der Waals surface area contributed by atoms with Crippen molar-refractivity contribution in [2.75, 3.05) is 0 Å². The van der Waals surface area contributed by atoms with Crippen LogP contribution in [0.2, 0.25) is 0 Å². The van der Waals surface area contributed by atoms with Crippen molar-refractivity contribution in [2.24, 2.45) is 5.92 Å². The zero-order valence-corrected chi connectivity index (χ0v) is 7.17. The number of allylic oxidation sites excluding steroid dienone is 1. The minimum Gasteiger partial charge on any atom is -0.478 e. The Morgan fingerprint density at radius 1 is 1.46 bits per heavy atom. The highest BCUT2D eigenvalue weighted by atomic mass is 19.3. The first-order valence-corrected chi connectivity index (χ1v) is 4.31. The largest absolute Gasteiger partial charge is 0.478 e. The smallest absolute Gasteiger partial charge is 0.327 e. The highest BCUT2D eigenvalue weighted by Gasteiger charge is 2.39. The zero-order chi connectivity index (χ0) is 9.90. The minimum atomic E-state index is -2.72. The summed E-state index contributed by atoms with van der Waals surface area (Å²) in [7, 11) is 0. The zero-order valence-electron chi connectivity index (χ0n) is 7.17. The van der Waals surface area contributed by atoms with Crippen molar-refractivity contribution < 1.29 is 18.7 Å². The number of hydrogen-bond donors (Lipinski definition) is 1. The third-order valence-corrected chi connectivity index (χ3v) is 2.29. The monoisotopic (exact) mass is 190 g/mol. The Bertz CT molecular complexity index is 224. The molecule has 0 aromatic carbocycles. The van der Waals surface area contributed by atoms with Gasteiger partial charge in [-0.1, -0.05) is 12.5 Å². The summed E-state index contributed by atoms with van der Waals surface area (Å²) in [4.78, 5) is 10.1. The van der Waals surface area contributed by atoms with Crippen molar-refractivity contribution in [3.8, 4) is 0 Å². The molecule has 4 heteroatoms. The Morgan fingerprint density at radius 2 is 2.15 bits per heavy atom. The number of rotatable bonds is 2. The first-order chi connectivity index (χ1) is 6.02. The van der Waals surface area contributed by atoms with Gasteiger partial charge in [-0.05, 0) is 12.8 Å². The summed E-state index contributed by atoms with van der Waals surface area (Å²) in [6.07, 6.45) is 3.47. The van der Waals surface area contributed by atoms with Crippen molar-refractivity contribution in [1.82, 2.24) is 0 Å². The second-order valence-electron chi connectivity index (χ2n) is 3.31. The van der Waals surface area contributed by atoms with E-state index in [4.69, 9.17) is 5.11 Å². The molecule has 0 aliphatic heterocycles. The summed E-state index contributed by atoms with van der Waals surface area (Å²) < 4.78 is 26.2. The summed E-state index contributed by atoms with van der Waals surface area (Å²) in [6, 6.07) is 0. The molecule has 1 saturated carbocycles. The highest BCUT2D eigenvalue weighted by molar-refractivity contribution is 5.79. The molecule has 0 bridgehead atoms. The fourth-order valence-electron chi connectivity index (χ4n) is 1.56. The first kappa shape index (κ1) is 10.2. The maximum Gasteiger partial charge on any atom is 0.327 e. The molecule has 0 aromatic rings. The van der Waals surface area contributed by atoms with Gasteiger partial charge in [-0.2, -0.15) is 0 Å². The van der Waals surface area contributed by atoms with Gasteiger partial charge in [-0.25, -0.2) is 13.6 Å². The molecule has 1 aliphatic carbocycles. The molecule has 13 heavy (non-hydrogen) atoms. The summed E-state index contributed by atoms with van der Waals surface area (Å²) in [5, 5.41) is 8.28. The molecule has 0 saturated heterocycles.